The molecule has 0 fully saturated rings. The second-order valence-corrected chi connectivity index (χ2v) is 4.74. The van der Waals surface area contributed by atoms with Gasteiger partial charge in [-0.1, -0.05) is 23.8 Å². The van der Waals surface area contributed by atoms with E-state index in [1.54, 1.807) is 13.3 Å². The van der Waals surface area contributed by atoms with Gasteiger partial charge < -0.3 is 10.5 Å². The highest BCUT2D eigenvalue weighted by atomic mass is 16.5. The first-order valence-electron chi connectivity index (χ1n) is 6.48. The number of aromatic nitrogens is 1. The molecular formula is C16H20N2O. The minimum atomic E-state index is 0.249. The molecule has 1 unspecified atom stereocenters. The SMILES string of the molecule is COc1ccc(C)cc1C(CN)Cc1cccnc1. The average molecular weight is 256 g/mol. The Hall–Kier alpha value is -1.87. The molecule has 0 saturated heterocycles. The summed E-state index contributed by atoms with van der Waals surface area (Å²) in [5.74, 6) is 1.16. The van der Waals surface area contributed by atoms with Crippen molar-refractivity contribution >= 4 is 0 Å². The van der Waals surface area contributed by atoms with Crippen molar-refractivity contribution in [3.63, 3.8) is 0 Å². The zero-order valence-electron chi connectivity index (χ0n) is 11.5. The summed E-state index contributed by atoms with van der Waals surface area (Å²) in [6, 6.07) is 10.3. The van der Waals surface area contributed by atoms with Crippen molar-refractivity contribution in [2.75, 3.05) is 13.7 Å². The number of hydrogen-bond donors (Lipinski definition) is 1. The van der Waals surface area contributed by atoms with Crippen LogP contribution in [0.1, 0.15) is 22.6 Å². The Kier molecular flexibility index (Phi) is 4.53. The highest BCUT2D eigenvalue weighted by Gasteiger charge is 2.15. The number of aryl methyl sites for hydroxylation is 1. The standard InChI is InChI=1S/C16H20N2O/c1-12-5-6-16(19-2)15(8-12)14(10-17)9-13-4-3-7-18-11-13/h3-8,11,14H,9-10,17H2,1-2H3. The van der Waals surface area contributed by atoms with E-state index in [1.165, 1.54) is 16.7 Å². The van der Waals surface area contributed by atoms with E-state index in [4.69, 9.17) is 10.5 Å². The van der Waals surface area contributed by atoms with Gasteiger partial charge in [-0.25, -0.2) is 0 Å². The van der Waals surface area contributed by atoms with Crippen LogP contribution in [0.15, 0.2) is 42.7 Å². The fraction of sp³-hybridized carbons (Fsp3) is 0.312. The van der Waals surface area contributed by atoms with Crippen LogP contribution in [0.4, 0.5) is 0 Å². The van der Waals surface area contributed by atoms with Gasteiger partial charge in [0.05, 0.1) is 7.11 Å². The van der Waals surface area contributed by atoms with Crippen LogP contribution < -0.4 is 10.5 Å². The van der Waals surface area contributed by atoms with Crippen LogP contribution >= 0.6 is 0 Å². The minimum Gasteiger partial charge on any atom is -0.496 e. The molecule has 2 rings (SSSR count). The largest absolute Gasteiger partial charge is 0.496 e. The summed E-state index contributed by atoms with van der Waals surface area (Å²) in [4.78, 5) is 4.15. The number of hydrogen-bond acceptors (Lipinski definition) is 3. The predicted molar refractivity (Wildman–Crippen MR) is 77.5 cm³/mol. The molecular weight excluding hydrogens is 236 g/mol. The van der Waals surface area contributed by atoms with Gasteiger partial charge in [-0.05, 0) is 43.1 Å². The molecule has 1 aromatic heterocycles. The molecule has 0 saturated carbocycles. The fourth-order valence-electron chi connectivity index (χ4n) is 2.30. The zero-order valence-corrected chi connectivity index (χ0v) is 11.5. The molecule has 3 heteroatoms. The summed E-state index contributed by atoms with van der Waals surface area (Å²) in [6.07, 6.45) is 4.56. The molecule has 0 bridgehead atoms. The molecule has 2 aromatic rings. The maximum absolute atomic E-state index is 5.95. The molecule has 1 heterocycles. The van der Waals surface area contributed by atoms with Gasteiger partial charge in [-0.2, -0.15) is 0 Å². The highest BCUT2D eigenvalue weighted by Crippen LogP contribution is 2.29. The normalized spacial score (nSPS) is 12.2. The molecule has 1 aromatic carbocycles. The van der Waals surface area contributed by atoms with Crippen molar-refractivity contribution < 1.29 is 4.74 Å². The molecule has 19 heavy (non-hydrogen) atoms. The Labute approximate surface area is 114 Å². The van der Waals surface area contributed by atoms with E-state index in [0.717, 1.165) is 12.2 Å². The predicted octanol–water partition coefficient (Wildman–Crippen LogP) is 2.68. The third-order valence-corrected chi connectivity index (χ3v) is 3.31. The van der Waals surface area contributed by atoms with Gasteiger partial charge in [-0.3, -0.25) is 4.98 Å². The van der Waals surface area contributed by atoms with Crippen molar-refractivity contribution in [3.05, 3.63) is 59.4 Å². The maximum Gasteiger partial charge on any atom is 0.122 e. The number of nitrogens with zero attached hydrogens (tertiary/aromatic N) is 1. The van der Waals surface area contributed by atoms with Crippen molar-refractivity contribution in [2.24, 2.45) is 5.73 Å². The van der Waals surface area contributed by atoms with Crippen LogP contribution in [0.2, 0.25) is 0 Å². The van der Waals surface area contributed by atoms with Crippen LogP contribution in [-0.2, 0) is 6.42 Å². The summed E-state index contributed by atoms with van der Waals surface area (Å²) in [6.45, 7) is 2.68. The lowest BCUT2D eigenvalue weighted by atomic mass is 9.91. The lowest BCUT2D eigenvalue weighted by Gasteiger charge is -2.19. The summed E-state index contributed by atoms with van der Waals surface area (Å²) in [5.41, 5.74) is 9.54. The van der Waals surface area contributed by atoms with Crippen LogP contribution in [-0.4, -0.2) is 18.6 Å². The summed E-state index contributed by atoms with van der Waals surface area (Å²) < 4.78 is 5.45. The third-order valence-electron chi connectivity index (χ3n) is 3.31. The molecule has 1 atom stereocenters. The Morgan fingerprint density at radius 3 is 2.79 bits per heavy atom. The van der Waals surface area contributed by atoms with E-state index >= 15 is 0 Å². The van der Waals surface area contributed by atoms with Gasteiger partial charge in [0.2, 0.25) is 0 Å². The topological polar surface area (TPSA) is 48.1 Å². The van der Waals surface area contributed by atoms with Crippen LogP contribution in [0.5, 0.6) is 5.75 Å². The van der Waals surface area contributed by atoms with E-state index in [2.05, 4.69) is 30.1 Å². The number of methoxy groups -OCH3 is 1. The lowest BCUT2D eigenvalue weighted by Crippen LogP contribution is -2.16. The Balaban J connectivity index is 2.29. The molecule has 0 aliphatic heterocycles. The first kappa shape index (κ1) is 13.6. The Bertz CT molecular complexity index is 526. The monoisotopic (exact) mass is 256 g/mol. The number of benzene rings is 1. The molecule has 3 nitrogen and oxygen atoms in total. The second-order valence-electron chi connectivity index (χ2n) is 4.74. The maximum atomic E-state index is 5.95. The van der Waals surface area contributed by atoms with Gasteiger partial charge in [0.15, 0.2) is 0 Å². The van der Waals surface area contributed by atoms with Gasteiger partial charge in [0, 0.05) is 18.3 Å². The number of rotatable bonds is 5. The van der Waals surface area contributed by atoms with Gasteiger partial charge >= 0.3 is 0 Å². The lowest BCUT2D eigenvalue weighted by molar-refractivity contribution is 0.405. The number of nitrogens with two attached hydrogens (primary N) is 1. The fourth-order valence-corrected chi connectivity index (χ4v) is 2.30. The average Bonchev–Trinajstić information content (AvgIpc) is 2.46. The third kappa shape index (κ3) is 3.32. The number of pyridine rings is 1. The summed E-state index contributed by atoms with van der Waals surface area (Å²) in [5, 5.41) is 0. The molecule has 0 aliphatic rings. The van der Waals surface area contributed by atoms with E-state index in [9.17, 15) is 0 Å². The van der Waals surface area contributed by atoms with Crippen molar-refractivity contribution in [1.82, 2.24) is 4.98 Å². The van der Waals surface area contributed by atoms with E-state index in [-0.39, 0.29) is 5.92 Å². The highest BCUT2D eigenvalue weighted by molar-refractivity contribution is 5.40. The molecule has 0 spiro atoms. The van der Waals surface area contributed by atoms with Gasteiger partial charge in [0.25, 0.3) is 0 Å². The smallest absolute Gasteiger partial charge is 0.122 e. The van der Waals surface area contributed by atoms with Gasteiger partial charge in [0.1, 0.15) is 5.75 Å². The molecule has 2 N–H and O–H groups in total. The van der Waals surface area contributed by atoms with Crippen LogP contribution in [0.25, 0.3) is 0 Å². The number of ether oxygens (including phenoxy) is 1. The Morgan fingerprint density at radius 2 is 2.16 bits per heavy atom. The molecule has 100 valence electrons. The van der Waals surface area contributed by atoms with Crippen LogP contribution in [0, 0.1) is 6.92 Å². The van der Waals surface area contributed by atoms with E-state index in [1.807, 2.05) is 18.3 Å². The minimum absolute atomic E-state index is 0.249. The second kappa shape index (κ2) is 6.34. The zero-order chi connectivity index (χ0) is 13.7. The summed E-state index contributed by atoms with van der Waals surface area (Å²) in [7, 11) is 1.70. The van der Waals surface area contributed by atoms with Crippen molar-refractivity contribution in [1.29, 1.82) is 0 Å². The molecule has 0 amide bonds. The van der Waals surface area contributed by atoms with Crippen LogP contribution in [0.3, 0.4) is 0 Å². The van der Waals surface area contributed by atoms with Crippen molar-refractivity contribution in [2.45, 2.75) is 19.3 Å². The van der Waals surface area contributed by atoms with E-state index in [0.29, 0.717) is 6.54 Å². The first-order chi connectivity index (χ1) is 9.24. The summed E-state index contributed by atoms with van der Waals surface area (Å²) >= 11 is 0. The van der Waals surface area contributed by atoms with E-state index < -0.39 is 0 Å². The quantitative estimate of drug-likeness (QED) is 0.894. The molecule has 0 aliphatic carbocycles. The van der Waals surface area contributed by atoms with Crippen molar-refractivity contribution in [3.8, 4) is 5.75 Å². The molecule has 0 radical (unpaired) electrons. The first-order valence-corrected chi connectivity index (χ1v) is 6.48. The Morgan fingerprint density at radius 1 is 1.32 bits per heavy atom. The van der Waals surface area contributed by atoms with Gasteiger partial charge in [-0.15, -0.1) is 0 Å².